The summed E-state index contributed by atoms with van der Waals surface area (Å²) in [7, 11) is 0. The number of fused-ring (bicyclic) bond motifs is 1. The first-order chi connectivity index (χ1) is 11.5. The standard InChI is InChI=1S/C17H17ClN4OS/c1-10-14-8-15(16(23)21-6-5-12(19)9-21)24-17(14)22(20-10)13-4-2-3-11(18)7-13/h2-4,7-8,12H,5-6,9,19H2,1H3/t12-/m1/s1. The lowest BCUT2D eigenvalue weighted by atomic mass is 10.3. The SMILES string of the molecule is Cc1nn(-c2cccc(Cl)c2)c2sc(C(=O)N3CC[C@@H](N)C3)cc12. The molecule has 5 nitrogen and oxygen atoms in total. The van der Waals surface area contributed by atoms with Crippen LogP contribution < -0.4 is 5.73 Å². The predicted molar refractivity (Wildman–Crippen MR) is 97.2 cm³/mol. The van der Waals surface area contributed by atoms with Gasteiger partial charge in [-0.1, -0.05) is 17.7 Å². The molecule has 124 valence electrons. The molecule has 1 aliphatic rings. The maximum Gasteiger partial charge on any atom is 0.264 e. The van der Waals surface area contributed by atoms with E-state index >= 15 is 0 Å². The van der Waals surface area contributed by atoms with Crippen molar-refractivity contribution in [2.24, 2.45) is 5.73 Å². The molecule has 2 aromatic heterocycles. The molecule has 0 saturated carbocycles. The molecule has 1 aliphatic heterocycles. The summed E-state index contributed by atoms with van der Waals surface area (Å²) < 4.78 is 1.85. The second-order valence-corrected chi connectivity index (χ2v) is 7.57. The molecule has 0 unspecified atom stereocenters. The van der Waals surface area contributed by atoms with Crippen molar-refractivity contribution in [1.29, 1.82) is 0 Å². The Morgan fingerprint density at radius 2 is 2.25 bits per heavy atom. The van der Waals surface area contributed by atoms with Crippen LogP contribution in [0.5, 0.6) is 0 Å². The van der Waals surface area contributed by atoms with Crippen molar-refractivity contribution >= 4 is 39.1 Å². The van der Waals surface area contributed by atoms with Gasteiger partial charge < -0.3 is 10.6 Å². The van der Waals surface area contributed by atoms with Gasteiger partial charge in [0.1, 0.15) is 4.83 Å². The summed E-state index contributed by atoms with van der Waals surface area (Å²) >= 11 is 7.56. The number of hydrogen-bond acceptors (Lipinski definition) is 4. The number of thiophene rings is 1. The summed E-state index contributed by atoms with van der Waals surface area (Å²) in [5, 5.41) is 6.26. The average molecular weight is 361 g/mol. The summed E-state index contributed by atoms with van der Waals surface area (Å²) in [6.07, 6.45) is 0.867. The number of halogens is 1. The quantitative estimate of drug-likeness (QED) is 0.763. The third-order valence-corrected chi connectivity index (χ3v) is 5.65. The van der Waals surface area contributed by atoms with Crippen LogP contribution in [0.3, 0.4) is 0 Å². The monoisotopic (exact) mass is 360 g/mol. The van der Waals surface area contributed by atoms with Gasteiger partial charge in [-0.15, -0.1) is 11.3 Å². The van der Waals surface area contributed by atoms with Crippen LogP contribution >= 0.6 is 22.9 Å². The van der Waals surface area contributed by atoms with E-state index in [-0.39, 0.29) is 11.9 Å². The largest absolute Gasteiger partial charge is 0.336 e. The van der Waals surface area contributed by atoms with Crippen LogP contribution in [0.2, 0.25) is 5.02 Å². The summed E-state index contributed by atoms with van der Waals surface area (Å²) in [5.41, 5.74) is 7.71. The van der Waals surface area contributed by atoms with E-state index < -0.39 is 0 Å². The van der Waals surface area contributed by atoms with Crippen molar-refractivity contribution in [1.82, 2.24) is 14.7 Å². The van der Waals surface area contributed by atoms with Crippen LogP contribution in [0.1, 0.15) is 21.8 Å². The number of nitrogens with two attached hydrogens (primary N) is 1. The van der Waals surface area contributed by atoms with E-state index in [2.05, 4.69) is 5.10 Å². The van der Waals surface area contributed by atoms with E-state index in [4.69, 9.17) is 17.3 Å². The Kier molecular flexibility index (Phi) is 3.83. The van der Waals surface area contributed by atoms with Crippen molar-refractivity contribution in [3.8, 4) is 5.69 Å². The summed E-state index contributed by atoms with van der Waals surface area (Å²) in [5.74, 6) is 0.0567. The van der Waals surface area contributed by atoms with Gasteiger partial charge in [0.15, 0.2) is 0 Å². The number of nitrogens with zero attached hydrogens (tertiary/aromatic N) is 3. The van der Waals surface area contributed by atoms with Gasteiger partial charge in [-0.25, -0.2) is 4.68 Å². The molecule has 1 aromatic carbocycles. The number of hydrogen-bond donors (Lipinski definition) is 1. The Morgan fingerprint density at radius 3 is 2.96 bits per heavy atom. The van der Waals surface area contributed by atoms with Crippen LogP contribution in [-0.4, -0.2) is 39.7 Å². The normalized spacial score (nSPS) is 17.8. The van der Waals surface area contributed by atoms with E-state index in [1.807, 2.05) is 46.8 Å². The fourth-order valence-electron chi connectivity index (χ4n) is 3.06. The van der Waals surface area contributed by atoms with Gasteiger partial charge in [0.05, 0.1) is 16.3 Å². The molecule has 1 saturated heterocycles. The van der Waals surface area contributed by atoms with E-state index in [1.54, 1.807) is 0 Å². The molecule has 3 aromatic rings. The second-order valence-electron chi connectivity index (χ2n) is 6.11. The van der Waals surface area contributed by atoms with Crippen LogP contribution in [0, 0.1) is 6.92 Å². The minimum atomic E-state index is 0.0567. The highest BCUT2D eigenvalue weighted by molar-refractivity contribution is 7.20. The molecule has 4 rings (SSSR count). The smallest absolute Gasteiger partial charge is 0.264 e. The maximum atomic E-state index is 12.7. The Morgan fingerprint density at radius 1 is 1.42 bits per heavy atom. The summed E-state index contributed by atoms with van der Waals surface area (Å²) in [6.45, 7) is 3.32. The number of benzene rings is 1. The van der Waals surface area contributed by atoms with Gasteiger partial charge in [0.2, 0.25) is 0 Å². The van der Waals surface area contributed by atoms with Gasteiger partial charge in [-0.05, 0) is 37.6 Å². The third kappa shape index (κ3) is 2.60. The van der Waals surface area contributed by atoms with Crippen molar-refractivity contribution in [3.63, 3.8) is 0 Å². The molecule has 24 heavy (non-hydrogen) atoms. The highest BCUT2D eigenvalue weighted by Crippen LogP contribution is 2.32. The van der Waals surface area contributed by atoms with Crippen LogP contribution in [0.15, 0.2) is 30.3 Å². The number of aryl methyl sites for hydroxylation is 1. The maximum absolute atomic E-state index is 12.7. The Labute approximate surface area is 148 Å². The average Bonchev–Trinajstić information content (AvgIpc) is 3.24. The summed E-state index contributed by atoms with van der Waals surface area (Å²) in [6, 6.07) is 9.58. The van der Waals surface area contributed by atoms with Crippen molar-refractivity contribution in [2.75, 3.05) is 13.1 Å². The van der Waals surface area contributed by atoms with Gasteiger partial charge in [0.25, 0.3) is 5.91 Å². The molecule has 7 heteroatoms. The third-order valence-electron chi connectivity index (χ3n) is 4.32. The first kappa shape index (κ1) is 15.6. The van der Waals surface area contributed by atoms with Crippen LogP contribution in [0.4, 0.5) is 0 Å². The highest BCUT2D eigenvalue weighted by Gasteiger charge is 2.26. The van der Waals surface area contributed by atoms with Crippen LogP contribution in [-0.2, 0) is 0 Å². The Bertz CT molecular complexity index is 932. The number of aromatic nitrogens is 2. The molecule has 0 bridgehead atoms. The molecule has 1 fully saturated rings. The van der Waals surface area contributed by atoms with Gasteiger partial charge in [-0.3, -0.25) is 4.79 Å². The second kappa shape index (κ2) is 5.88. The molecular weight excluding hydrogens is 344 g/mol. The lowest BCUT2D eigenvalue weighted by molar-refractivity contribution is 0.0795. The molecule has 1 atom stereocenters. The van der Waals surface area contributed by atoms with Crippen molar-refractivity contribution < 1.29 is 4.79 Å². The zero-order chi connectivity index (χ0) is 16.8. The fourth-order valence-corrected chi connectivity index (χ4v) is 4.40. The minimum absolute atomic E-state index is 0.0567. The topological polar surface area (TPSA) is 64.2 Å². The zero-order valence-corrected chi connectivity index (χ0v) is 14.8. The molecule has 0 spiro atoms. The van der Waals surface area contributed by atoms with Crippen LogP contribution in [0.25, 0.3) is 15.9 Å². The summed E-state index contributed by atoms with van der Waals surface area (Å²) in [4.78, 5) is 16.2. The predicted octanol–water partition coefficient (Wildman–Crippen LogP) is 3.22. The Balaban J connectivity index is 1.76. The number of likely N-dealkylation sites (tertiary alicyclic amines) is 1. The minimum Gasteiger partial charge on any atom is -0.336 e. The molecule has 1 amide bonds. The zero-order valence-electron chi connectivity index (χ0n) is 13.2. The number of amides is 1. The van der Waals surface area contributed by atoms with Crippen molar-refractivity contribution in [2.45, 2.75) is 19.4 Å². The van der Waals surface area contributed by atoms with Gasteiger partial charge >= 0.3 is 0 Å². The van der Waals surface area contributed by atoms with E-state index in [0.29, 0.717) is 11.6 Å². The number of carbonyl (C=O) groups excluding carboxylic acids is 1. The molecule has 0 radical (unpaired) electrons. The molecule has 2 N–H and O–H groups in total. The first-order valence-electron chi connectivity index (χ1n) is 7.83. The lowest BCUT2D eigenvalue weighted by Gasteiger charge is -2.14. The lowest BCUT2D eigenvalue weighted by Crippen LogP contribution is -2.31. The van der Waals surface area contributed by atoms with Gasteiger partial charge in [-0.2, -0.15) is 5.10 Å². The molecule has 0 aliphatic carbocycles. The van der Waals surface area contributed by atoms with Crippen molar-refractivity contribution in [3.05, 3.63) is 45.9 Å². The Hall–Kier alpha value is -1.89. The highest BCUT2D eigenvalue weighted by atomic mass is 35.5. The van der Waals surface area contributed by atoms with E-state index in [9.17, 15) is 4.79 Å². The van der Waals surface area contributed by atoms with E-state index in [0.717, 1.165) is 39.4 Å². The number of rotatable bonds is 2. The molecular formula is C17H17ClN4OS. The number of carbonyl (C=O) groups is 1. The first-order valence-corrected chi connectivity index (χ1v) is 9.02. The fraction of sp³-hybridized carbons (Fsp3) is 0.294. The van der Waals surface area contributed by atoms with Gasteiger partial charge in [0, 0.05) is 29.5 Å². The van der Waals surface area contributed by atoms with E-state index in [1.165, 1.54) is 11.3 Å². The molecule has 3 heterocycles.